The maximum atomic E-state index is 12.8. The molecule has 0 fully saturated rings. The zero-order valence-corrected chi connectivity index (χ0v) is 17.0. The first-order chi connectivity index (χ1) is 12.4. The lowest BCUT2D eigenvalue weighted by Crippen LogP contribution is -2.18. The summed E-state index contributed by atoms with van der Waals surface area (Å²) >= 11 is 0. The summed E-state index contributed by atoms with van der Waals surface area (Å²) < 4.78 is 0. The first-order valence-corrected chi connectivity index (χ1v) is 9.10. The van der Waals surface area contributed by atoms with E-state index in [1.165, 1.54) is 12.1 Å². The van der Waals surface area contributed by atoms with Crippen molar-refractivity contribution in [2.24, 2.45) is 0 Å². The fourth-order valence-electron chi connectivity index (χ4n) is 2.64. The molecule has 0 unspecified atom stereocenters. The van der Waals surface area contributed by atoms with Gasteiger partial charge in [-0.05, 0) is 38.0 Å². The third-order valence-electron chi connectivity index (χ3n) is 4.53. The second-order valence-corrected chi connectivity index (χ2v) is 8.92. The van der Waals surface area contributed by atoms with Crippen molar-refractivity contribution in [3.05, 3.63) is 75.7 Å². The molecule has 0 bridgehead atoms. The molecule has 0 radical (unpaired) electrons. The van der Waals surface area contributed by atoms with Gasteiger partial charge in [-0.3, -0.25) is 0 Å². The molecular weight excluding hydrogens is 336 g/mol. The van der Waals surface area contributed by atoms with Crippen LogP contribution >= 0.6 is 0 Å². The minimum Gasteiger partial charge on any atom is -0.872 e. The van der Waals surface area contributed by atoms with Gasteiger partial charge in [0, 0.05) is 0 Å². The van der Waals surface area contributed by atoms with Crippen molar-refractivity contribution in [2.75, 3.05) is 0 Å². The van der Waals surface area contributed by atoms with Gasteiger partial charge in [0.15, 0.2) is 0 Å². The van der Waals surface area contributed by atoms with Gasteiger partial charge >= 0.3 is 0 Å². The largest absolute Gasteiger partial charge is 0.872 e. The van der Waals surface area contributed by atoms with E-state index in [-0.39, 0.29) is 21.8 Å². The standard InChI is InChI=1S/C24H30O3/c1-23(2,3)19-13-18(14-20(15-19)24(4,5)6)21(25)12-9-16-7-10-17(11-8-16)22(26)27/h7-15,25-27H,1-6H3/p-2/b21-12-. The number of benzene rings is 2. The second-order valence-electron chi connectivity index (χ2n) is 8.92. The zero-order chi connectivity index (χ0) is 20.4. The molecule has 0 aliphatic heterocycles. The van der Waals surface area contributed by atoms with Gasteiger partial charge in [0.2, 0.25) is 0 Å². The maximum Gasteiger partial charge on any atom is 0.0557 e. The lowest BCUT2D eigenvalue weighted by atomic mass is 9.79. The summed E-state index contributed by atoms with van der Waals surface area (Å²) in [5, 5.41) is 33.7. The molecule has 1 N–H and O–H groups in total. The van der Waals surface area contributed by atoms with Gasteiger partial charge in [0.05, 0.1) is 5.95 Å². The highest BCUT2D eigenvalue weighted by molar-refractivity contribution is 5.65. The molecule has 2 aromatic carbocycles. The van der Waals surface area contributed by atoms with E-state index in [1.807, 2.05) is 12.1 Å². The smallest absolute Gasteiger partial charge is 0.0557 e. The summed E-state index contributed by atoms with van der Waals surface area (Å²) in [7, 11) is 0. The molecule has 0 saturated heterocycles. The molecule has 0 aromatic heterocycles. The van der Waals surface area contributed by atoms with Crippen LogP contribution in [-0.2, 0) is 10.8 Å². The van der Waals surface area contributed by atoms with Gasteiger partial charge in [-0.2, -0.15) is 0 Å². The van der Waals surface area contributed by atoms with Crippen molar-refractivity contribution in [1.82, 2.24) is 0 Å². The van der Waals surface area contributed by atoms with Gasteiger partial charge in [-0.1, -0.05) is 96.2 Å². The zero-order valence-electron chi connectivity index (χ0n) is 17.0. The van der Waals surface area contributed by atoms with Crippen LogP contribution in [0.4, 0.5) is 0 Å². The summed E-state index contributed by atoms with van der Waals surface area (Å²) in [6, 6.07) is 12.6. The van der Waals surface area contributed by atoms with Gasteiger partial charge in [-0.25, -0.2) is 0 Å². The number of allylic oxidation sites excluding steroid dienone is 1. The highest BCUT2D eigenvalue weighted by Gasteiger charge is 2.20. The molecule has 2 rings (SSSR count). The van der Waals surface area contributed by atoms with Gasteiger partial charge in [-0.15, -0.1) is 5.76 Å². The van der Waals surface area contributed by atoms with E-state index in [2.05, 4.69) is 47.6 Å². The fourth-order valence-corrected chi connectivity index (χ4v) is 2.64. The minimum absolute atomic E-state index is 0.0489. The molecule has 2 aromatic rings. The van der Waals surface area contributed by atoms with Crippen LogP contribution < -0.4 is 20.7 Å². The summed E-state index contributed by atoms with van der Waals surface area (Å²) in [4.78, 5) is 0. The normalized spacial score (nSPS) is 12.7. The molecule has 0 aliphatic carbocycles. The van der Waals surface area contributed by atoms with Crippen LogP contribution in [0.1, 0.15) is 58.2 Å². The second kappa shape index (κ2) is 7.51. The Morgan fingerprint density at radius 1 is 0.815 bits per heavy atom. The van der Waals surface area contributed by atoms with Crippen molar-refractivity contribution >= 4 is 17.8 Å². The Morgan fingerprint density at radius 2 is 1.30 bits per heavy atom. The molecule has 0 amide bonds. The Kier molecular flexibility index (Phi) is 5.74. The summed E-state index contributed by atoms with van der Waals surface area (Å²) in [5.41, 5.74) is 2.85. The molecule has 27 heavy (non-hydrogen) atoms. The Morgan fingerprint density at radius 3 is 1.70 bits per heavy atom. The minimum atomic E-state index is -0.963. The lowest BCUT2D eigenvalue weighted by Gasteiger charge is -2.27. The SMILES string of the molecule is CC(C)(C)c1cc(/C([O-])=C/C=c2ccc(=C([O-])O)cc2)cc(C(C)(C)C)c1. The molecule has 0 saturated carbocycles. The average molecular weight is 364 g/mol. The summed E-state index contributed by atoms with van der Waals surface area (Å²) in [6.07, 6.45) is 3.26. The van der Waals surface area contributed by atoms with Crippen LogP contribution in [0, 0.1) is 0 Å². The molecule has 3 nitrogen and oxygen atoms in total. The van der Waals surface area contributed by atoms with Crippen molar-refractivity contribution in [1.29, 1.82) is 0 Å². The predicted octanol–water partition coefficient (Wildman–Crippen LogP) is 2.45. The molecule has 0 atom stereocenters. The van der Waals surface area contributed by atoms with E-state index in [0.29, 0.717) is 5.56 Å². The van der Waals surface area contributed by atoms with Gasteiger partial charge in [0.1, 0.15) is 0 Å². The van der Waals surface area contributed by atoms with E-state index in [1.54, 1.807) is 24.3 Å². The maximum absolute atomic E-state index is 12.8. The lowest BCUT2D eigenvalue weighted by molar-refractivity contribution is -0.283. The Balaban J connectivity index is 2.51. The van der Waals surface area contributed by atoms with Gasteiger partial charge in [0.25, 0.3) is 0 Å². The third-order valence-corrected chi connectivity index (χ3v) is 4.53. The van der Waals surface area contributed by atoms with E-state index in [4.69, 9.17) is 5.11 Å². The van der Waals surface area contributed by atoms with Crippen LogP contribution in [0.3, 0.4) is 0 Å². The van der Waals surface area contributed by atoms with Crippen LogP contribution in [0.5, 0.6) is 0 Å². The summed E-state index contributed by atoms with van der Waals surface area (Å²) in [6.45, 7) is 12.9. The molecule has 0 aliphatic rings. The van der Waals surface area contributed by atoms with E-state index >= 15 is 0 Å². The van der Waals surface area contributed by atoms with Crippen LogP contribution in [-0.4, -0.2) is 5.11 Å². The average Bonchev–Trinajstić information content (AvgIpc) is 2.58. The van der Waals surface area contributed by atoms with Crippen LogP contribution in [0.15, 0.2) is 48.5 Å². The highest BCUT2D eigenvalue weighted by atomic mass is 16.5. The topological polar surface area (TPSA) is 66.3 Å². The number of rotatable bonds is 2. The number of aliphatic hydroxyl groups is 1. The quantitative estimate of drug-likeness (QED) is 0.833. The van der Waals surface area contributed by atoms with Crippen molar-refractivity contribution in [3.8, 4) is 0 Å². The molecular formula is C24H28O3-2. The Hall–Kier alpha value is -2.68. The van der Waals surface area contributed by atoms with E-state index in [9.17, 15) is 10.2 Å². The molecule has 0 heterocycles. The first-order valence-electron chi connectivity index (χ1n) is 9.10. The predicted molar refractivity (Wildman–Crippen MR) is 108 cm³/mol. The first kappa shape index (κ1) is 20.6. The van der Waals surface area contributed by atoms with Crippen molar-refractivity contribution < 1.29 is 15.3 Å². The van der Waals surface area contributed by atoms with Crippen LogP contribution in [0.25, 0.3) is 17.8 Å². The number of hydrogen-bond acceptors (Lipinski definition) is 3. The Bertz CT molecular complexity index is 908. The van der Waals surface area contributed by atoms with E-state index < -0.39 is 5.95 Å². The number of aliphatic hydroxyl groups excluding tert-OH is 1. The number of hydrogen-bond donors (Lipinski definition) is 1. The van der Waals surface area contributed by atoms with Gasteiger partial charge < -0.3 is 15.3 Å². The molecule has 0 spiro atoms. The fraction of sp³-hybridized carbons (Fsp3) is 0.333. The Labute approximate surface area is 161 Å². The van der Waals surface area contributed by atoms with Crippen molar-refractivity contribution in [2.45, 2.75) is 52.4 Å². The van der Waals surface area contributed by atoms with Crippen molar-refractivity contribution in [3.63, 3.8) is 0 Å². The molecule has 3 heteroatoms. The van der Waals surface area contributed by atoms with Crippen LogP contribution in [0.2, 0.25) is 0 Å². The summed E-state index contributed by atoms with van der Waals surface area (Å²) in [5.74, 6) is -1.02. The highest BCUT2D eigenvalue weighted by Crippen LogP contribution is 2.31. The monoisotopic (exact) mass is 364 g/mol. The molecule has 144 valence electrons. The third kappa shape index (κ3) is 5.40. The van der Waals surface area contributed by atoms with E-state index in [0.717, 1.165) is 16.3 Å².